The maximum atomic E-state index is 13.0. The summed E-state index contributed by atoms with van der Waals surface area (Å²) in [5.74, 6) is -3.84. The van der Waals surface area contributed by atoms with Gasteiger partial charge >= 0.3 is 11.9 Å². The molecule has 0 aromatic heterocycles. The highest BCUT2D eigenvalue weighted by Crippen LogP contribution is 2.20. The second kappa shape index (κ2) is 16.2. The molecule has 0 bridgehead atoms. The standard InChI is InChI=1S/C33H33N5O8/c1-6-21-7-10-26(11-8-21)37-38-29(20(3)40)31(42)36-25-14-12-24(13-15-25)35-30(41)28(19(2)39)34-18-23-17-22(32(43)45-4)9-16-27(23)33(44)46-5/h7-17,40H,6,18H2,1-5H3,(H,35,41)(H,36,42). The number of nitrogens with zero attached hydrogens (tertiary/aromatic N) is 3. The van der Waals surface area contributed by atoms with E-state index in [2.05, 4.69) is 25.9 Å². The largest absolute Gasteiger partial charge is 0.510 e. The molecule has 3 aromatic carbocycles. The average Bonchev–Trinajstić information content (AvgIpc) is 3.05. The number of aryl methyl sites for hydroxylation is 1. The van der Waals surface area contributed by atoms with Crippen LogP contribution in [0.5, 0.6) is 0 Å². The molecular weight excluding hydrogens is 594 g/mol. The zero-order chi connectivity index (χ0) is 33.8. The number of hydrogen-bond donors (Lipinski definition) is 3. The lowest BCUT2D eigenvalue weighted by molar-refractivity contribution is -0.115. The molecule has 3 aromatic rings. The number of rotatable bonds is 12. The zero-order valence-corrected chi connectivity index (χ0v) is 25.9. The highest BCUT2D eigenvalue weighted by Gasteiger charge is 2.20. The van der Waals surface area contributed by atoms with E-state index in [-0.39, 0.29) is 40.4 Å². The fraction of sp³-hybridized carbons (Fsp3) is 0.212. The normalized spacial score (nSPS) is 11.8. The SMILES string of the molecule is CCc1ccc(N=NC(C(=O)Nc2ccc(NC(=O)C(=NCc3cc(C(=O)OC)ccc3C(=O)OC)C(C)=O)cc2)=C(C)O)cc1. The first-order valence-electron chi connectivity index (χ1n) is 14.0. The first-order valence-corrected chi connectivity index (χ1v) is 14.0. The number of aliphatic hydroxyl groups excluding tert-OH is 1. The van der Waals surface area contributed by atoms with Gasteiger partial charge in [0.15, 0.2) is 17.2 Å². The Morgan fingerprint density at radius 3 is 1.89 bits per heavy atom. The van der Waals surface area contributed by atoms with Crippen LogP contribution in [0.3, 0.4) is 0 Å². The number of anilines is 2. The molecule has 238 valence electrons. The Morgan fingerprint density at radius 2 is 1.37 bits per heavy atom. The molecule has 13 heteroatoms. The Kier molecular flexibility index (Phi) is 12.1. The molecule has 0 unspecified atom stereocenters. The van der Waals surface area contributed by atoms with Gasteiger partial charge in [-0.05, 0) is 79.1 Å². The summed E-state index contributed by atoms with van der Waals surface area (Å²) in [4.78, 5) is 66.4. The number of carbonyl (C=O) groups excluding carboxylic acids is 5. The van der Waals surface area contributed by atoms with Gasteiger partial charge in [0, 0.05) is 18.3 Å². The van der Waals surface area contributed by atoms with Crippen molar-refractivity contribution in [2.75, 3.05) is 24.9 Å². The zero-order valence-electron chi connectivity index (χ0n) is 25.9. The average molecular weight is 628 g/mol. The summed E-state index contributed by atoms with van der Waals surface area (Å²) >= 11 is 0. The maximum absolute atomic E-state index is 13.0. The van der Waals surface area contributed by atoms with Crippen molar-refractivity contribution in [3.05, 3.63) is 100 Å². The highest BCUT2D eigenvalue weighted by molar-refractivity contribution is 6.67. The van der Waals surface area contributed by atoms with Crippen molar-refractivity contribution >= 4 is 52.3 Å². The number of ketones is 1. The van der Waals surface area contributed by atoms with Crippen LogP contribution >= 0.6 is 0 Å². The summed E-state index contributed by atoms with van der Waals surface area (Å²) in [6.07, 6.45) is 0.864. The fourth-order valence-electron chi connectivity index (χ4n) is 3.99. The van der Waals surface area contributed by atoms with Crippen LogP contribution < -0.4 is 10.6 Å². The second-order valence-electron chi connectivity index (χ2n) is 9.72. The number of azo groups is 1. The van der Waals surface area contributed by atoms with E-state index in [1.165, 1.54) is 63.6 Å². The van der Waals surface area contributed by atoms with E-state index < -0.39 is 35.2 Å². The molecule has 46 heavy (non-hydrogen) atoms. The van der Waals surface area contributed by atoms with Crippen molar-refractivity contribution in [1.29, 1.82) is 0 Å². The molecule has 3 rings (SSSR count). The Bertz CT molecular complexity index is 1720. The molecular formula is C33H33N5O8. The summed E-state index contributed by atoms with van der Waals surface area (Å²) in [6.45, 7) is 4.21. The predicted octanol–water partition coefficient (Wildman–Crippen LogP) is 5.50. The molecule has 0 fully saturated rings. The monoisotopic (exact) mass is 627 g/mol. The van der Waals surface area contributed by atoms with E-state index in [0.29, 0.717) is 11.4 Å². The predicted molar refractivity (Wildman–Crippen MR) is 170 cm³/mol. The maximum Gasteiger partial charge on any atom is 0.338 e. The Balaban J connectivity index is 1.72. The van der Waals surface area contributed by atoms with Gasteiger partial charge in [-0.25, -0.2) is 9.59 Å². The van der Waals surface area contributed by atoms with Crippen molar-refractivity contribution < 1.29 is 38.6 Å². The van der Waals surface area contributed by atoms with Gasteiger partial charge in [0.05, 0.1) is 37.6 Å². The van der Waals surface area contributed by atoms with E-state index in [0.717, 1.165) is 18.9 Å². The van der Waals surface area contributed by atoms with Crippen LogP contribution in [0.1, 0.15) is 52.6 Å². The van der Waals surface area contributed by atoms with E-state index >= 15 is 0 Å². The van der Waals surface area contributed by atoms with Crippen LogP contribution in [-0.4, -0.2) is 54.6 Å². The van der Waals surface area contributed by atoms with Crippen LogP contribution in [0.2, 0.25) is 0 Å². The molecule has 2 amide bonds. The molecule has 0 saturated heterocycles. The van der Waals surface area contributed by atoms with Gasteiger partial charge in [-0.2, -0.15) is 5.11 Å². The lowest BCUT2D eigenvalue weighted by Crippen LogP contribution is -2.29. The van der Waals surface area contributed by atoms with Crippen LogP contribution in [-0.2, 0) is 36.8 Å². The molecule has 3 N–H and O–H groups in total. The number of methoxy groups -OCH3 is 2. The number of amides is 2. The Hall–Kier alpha value is -5.98. The lowest BCUT2D eigenvalue weighted by Gasteiger charge is -2.10. The smallest absolute Gasteiger partial charge is 0.338 e. The van der Waals surface area contributed by atoms with E-state index in [4.69, 9.17) is 9.47 Å². The summed E-state index contributed by atoms with van der Waals surface area (Å²) in [5, 5.41) is 23.1. The molecule has 0 aliphatic heterocycles. The number of benzene rings is 3. The van der Waals surface area contributed by atoms with Crippen LogP contribution in [0.15, 0.2) is 93.4 Å². The van der Waals surface area contributed by atoms with Crippen molar-refractivity contribution in [3.63, 3.8) is 0 Å². The molecule has 0 aliphatic rings. The lowest BCUT2D eigenvalue weighted by atomic mass is 10.0. The molecule has 0 spiro atoms. The number of ether oxygens (including phenoxy) is 2. The van der Waals surface area contributed by atoms with Gasteiger partial charge in [0.1, 0.15) is 5.76 Å². The van der Waals surface area contributed by atoms with E-state index in [1.807, 2.05) is 19.1 Å². The minimum Gasteiger partial charge on any atom is -0.510 e. The van der Waals surface area contributed by atoms with E-state index in [1.54, 1.807) is 12.1 Å². The van der Waals surface area contributed by atoms with Gasteiger partial charge in [-0.3, -0.25) is 19.4 Å². The first kappa shape index (κ1) is 34.5. The minimum atomic E-state index is -0.818. The van der Waals surface area contributed by atoms with Crippen molar-refractivity contribution in [1.82, 2.24) is 0 Å². The number of nitrogens with one attached hydrogen (secondary N) is 2. The van der Waals surface area contributed by atoms with Crippen molar-refractivity contribution in [3.8, 4) is 0 Å². The summed E-state index contributed by atoms with van der Waals surface area (Å²) in [5.41, 5.74) is 2.00. The van der Waals surface area contributed by atoms with Crippen LogP contribution in [0.25, 0.3) is 0 Å². The van der Waals surface area contributed by atoms with E-state index in [9.17, 15) is 29.1 Å². The summed E-state index contributed by atoms with van der Waals surface area (Å²) in [7, 11) is 2.40. The number of esters is 2. The first-order chi connectivity index (χ1) is 22.0. The number of Topliss-reactive ketones (excluding diaryl/α,β-unsaturated/α-hetero) is 1. The number of aliphatic imine (C=N–C) groups is 1. The third kappa shape index (κ3) is 9.26. The molecule has 13 nitrogen and oxygen atoms in total. The van der Waals surface area contributed by atoms with Gasteiger partial charge in [0.25, 0.3) is 11.8 Å². The van der Waals surface area contributed by atoms with Gasteiger partial charge in [-0.1, -0.05) is 19.1 Å². The van der Waals surface area contributed by atoms with Crippen molar-refractivity contribution in [2.24, 2.45) is 15.2 Å². The second-order valence-corrected chi connectivity index (χ2v) is 9.72. The van der Waals surface area contributed by atoms with Gasteiger partial charge in [-0.15, -0.1) is 5.11 Å². The molecule has 0 aliphatic carbocycles. The molecule has 0 radical (unpaired) electrons. The fourth-order valence-corrected chi connectivity index (χ4v) is 3.99. The van der Waals surface area contributed by atoms with Crippen LogP contribution in [0.4, 0.5) is 17.1 Å². The number of aliphatic hydroxyl groups is 1. The van der Waals surface area contributed by atoms with Crippen molar-refractivity contribution in [2.45, 2.75) is 33.7 Å². The molecule has 0 atom stereocenters. The molecule has 0 heterocycles. The summed E-state index contributed by atoms with van der Waals surface area (Å²) in [6, 6.07) is 17.3. The van der Waals surface area contributed by atoms with Gasteiger partial charge in [0.2, 0.25) is 0 Å². The third-order valence-corrected chi connectivity index (χ3v) is 6.46. The minimum absolute atomic E-state index is 0.0985. The van der Waals surface area contributed by atoms with Gasteiger partial charge < -0.3 is 25.2 Å². The highest BCUT2D eigenvalue weighted by atomic mass is 16.5. The number of hydrogen-bond acceptors (Lipinski definition) is 11. The number of carbonyl (C=O) groups is 5. The quantitative estimate of drug-likeness (QED) is 0.0586. The Labute approximate surface area is 265 Å². The topological polar surface area (TPSA) is 185 Å². The van der Waals surface area contributed by atoms with Crippen LogP contribution in [0, 0.1) is 0 Å². The summed E-state index contributed by atoms with van der Waals surface area (Å²) < 4.78 is 9.50. The molecule has 0 saturated carbocycles. The Morgan fingerprint density at radius 1 is 0.783 bits per heavy atom. The third-order valence-electron chi connectivity index (χ3n) is 6.46. The number of allylic oxidation sites excluding steroid dienone is 1.